The number of benzene rings is 2. The molecule has 0 unspecified atom stereocenters. The highest BCUT2D eigenvalue weighted by molar-refractivity contribution is 8.19. The molecule has 8 heteroatoms. The number of ether oxygens (including phenoxy) is 3. The van der Waals surface area contributed by atoms with Crippen molar-refractivity contribution in [1.82, 2.24) is 0 Å². The fourth-order valence-corrected chi connectivity index (χ4v) is 3.54. The Labute approximate surface area is 166 Å². The number of hydrogen-bond donors (Lipinski definition) is 1. The summed E-state index contributed by atoms with van der Waals surface area (Å²) < 4.78 is 15.6. The molecule has 7 nitrogen and oxygen atoms in total. The van der Waals surface area contributed by atoms with E-state index in [1.54, 1.807) is 42.5 Å². The Bertz CT molecular complexity index is 913. The van der Waals surface area contributed by atoms with Gasteiger partial charge in [0, 0.05) is 0 Å². The van der Waals surface area contributed by atoms with Crippen LogP contribution in [0, 0.1) is 0 Å². The summed E-state index contributed by atoms with van der Waals surface area (Å²) in [7, 11) is 2.83. The summed E-state index contributed by atoms with van der Waals surface area (Å²) in [5.41, 5.74) is 1.03. The number of phenols is 1. The SMILES string of the molecule is CCOc1ccc(N2C(=O)S/C(=C\c3cc(OC)c(O)c(OC)c3)C2=O)cc1. The van der Waals surface area contributed by atoms with Gasteiger partial charge in [-0.1, -0.05) is 0 Å². The third kappa shape index (κ3) is 3.77. The molecule has 0 spiro atoms. The van der Waals surface area contributed by atoms with E-state index >= 15 is 0 Å². The van der Waals surface area contributed by atoms with E-state index in [4.69, 9.17) is 14.2 Å². The summed E-state index contributed by atoms with van der Waals surface area (Å²) in [5.74, 6) is 0.513. The molecule has 1 heterocycles. The van der Waals surface area contributed by atoms with Crippen LogP contribution in [0.15, 0.2) is 41.3 Å². The van der Waals surface area contributed by atoms with E-state index in [9.17, 15) is 14.7 Å². The number of carbonyl (C=O) groups is 2. The first-order valence-corrected chi connectivity index (χ1v) is 9.26. The summed E-state index contributed by atoms with van der Waals surface area (Å²) in [6.07, 6.45) is 1.56. The average molecular weight is 401 g/mol. The molecule has 3 rings (SSSR count). The predicted molar refractivity (Wildman–Crippen MR) is 107 cm³/mol. The van der Waals surface area contributed by atoms with Crippen molar-refractivity contribution in [1.29, 1.82) is 0 Å². The molecular weight excluding hydrogens is 382 g/mol. The van der Waals surface area contributed by atoms with Crippen molar-refractivity contribution >= 4 is 34.7 Å². The van der Waals surface area contributed by atoms with Gasteiger partial charge in [-0.25, -0.2) is 4.90 Å². The van der Waals surface area contributed by atoms with Crippen LogP contribution in [0.4, 0.5) is 10.5 Å². The number of imide groups is 1. The molecule has 0 aromatic heterocycles. The molecule has 0 aliphatic carbocycles. The monoisotopic (exact) mass is 401 g/mol. The lowest BCUT2D eigenvalue weighted by atomic mass is 10.1. The van der Waals surface area contributed by atoms with Crippen molar-refractivity contribution in [2.24, 2.45) is 0 Å². The minimum atomic E-state index is -0.426. The first kappa shape index (κ1) is 19.6. The highest BCUT2D eigenvalue weighted by Crippen LogP contribution is 2.40. The molecule has 1 aliphatic rings. The van der Waals surface area contributed by atoms with Crippen LogP contribution in [0.3, 0.4) is 0 Å². The Balaban J connectivity index is 1.91. The van der Waals surface area contributed by atoms with Crippen LogP contribution in [0.1, 0.15) is 12.5 Å². The van der Waals surface area contributed by atoms with E-state index in [1.807, 2.05) is 6.92 Å². The van der Waals surface area contributed by atoms with Gasteiger partial charge < -0.3 is 19.3 Å². The lowest BCUT2D eigenvalue weighted by molar-refractivity contribution is -0.113. The number of anilines is 1. The van der Waals surface area contributed by atoms with E-state index in [0.717, 1.165) is 16.7 Å². The van der Waals surface area contributed by atoms with Crippen LogP contribution in [0.2, 0.25) is 0 Å². The number of hydrogen-bond acceptors (Lipinski definition) is 7. The second-order valence-electron chi connectivity index (χ2n) is 5.72. The number of rotatable bonds is 6. The highest BCUT2D eigenvalue weighted by atomic mass is 32.2. The summed E-state index contributed by atoms with van der Waals surface area (Å²) in [4.78, 5) is 26.6. The van der Waals surface area contributed by atoms with E-state index in [-0.39, 0.29) is 22.2 Å². The Hall–Kier alpha value is -3.13. The summed E-state index contributed by atoms with van der Waals surface area (Å²) in [6.45, 7) is 2.41. The smallest absolute Gasteiger partial charge is 0.298 e. The van der Waals surface area contributed by atoms with Gasteiger partial charge in [0.2, 0.25) is 5.75 Å². The highest BCUT2D eigenvalue weighted by Gasteiger charge is 2.36. The number of phenolic OH excluding ortho intramolecular Hbond substituents is 1. The average Bonchev–Trinajstić information content (AvgIpc) is 2.97. The first-order chi connectivity index (χ1) is 13.5. The van der Waals surface area contributed by atoms with E-state index in [1.165, 1.54) is 14.2 Å². The lowest BCUT2D eigenvalue weighted by Gasteiger charge is -2.13. The molecule has 0 radical (unpaired) electrons. The molecule has 0 saturated carbocycles. The van der Waals surface area contributed by atoms with Gasteiger partial charge in [-0.3, -0.25) is 9.59 Å². The number of aromatic hydroxyl groups is 1. The number of nitrogens with zero attached hydrogens (tertiary/aromatic N) is 1. The number of amides is 2. The molecule has 2 aromatic rings. The largest absolute Gasteiger partial charge is 0.502 e. The second-order valence-corrected chi connectivity index (χ2v) is 6.71. The maximum Gasteiger partial charge on any atom is 0.298 e. The predicted octanol–water partition coefficient (Wildman–Crippen LogP) is 4.05. The molecule has 0 bridgehead atoms. The van der Waals surface area contributed by atoms with Crippen molar-refractivity contribution in [2.75, 3.05) is 25.7 Å². The maximum atomic E-state index is 12.8. The van der Waals surface area contributed by atoms with Gasteiger partial charge in [-0.15, -0.1) is 0 Å². The quantitative estimate of drug-likeness (QED) is 0.731. The molecule has 2 amide bonds. The zero-order valence-corrected chi connectivity index (χ0v) is 16.4. The van der Waals surface area contributed by atoms with E-state index in [0.29, 0.717) is 23.6 Å². The normalized spacial score (nSPS) is 15.2. The van der Waals surface area contributed by atoms with Crippen LogP contribution < -0.4 is 19.1 Å². The molecule has 2 aromatic carbocycles. The second kappa shape index (κ2) is 8.26. The Morgan fingerprint density at radius 1 is 1.07 bits per heavy atom. The third-order valence-electron chi connectivity index (χ3n) is 4.00. The minimum absolute atomic E-state index is 0.135. The fourth-order valence-electron chi connectivity index (χ4n) is 2.70. The fraction of sp³-hybridized carbons (Fsp3) is 0.200. The summed E-state index contributed by atoms with van der Waals surface area (Å²) in [5, 5.41) is 9.61. The van der Waals surface area contributed by atoms with Crippen LogP contribution in [-0.4, -0.2) is 37.1 Å². The lowest BCUT2D eigenvalue weighted by Crippen LogP contribution is -2.27. The molecule has 146 valence electrons. The molecular formula is C20H19NO6S. The van der Waals surface area contributed by atoms with Crippen LogP contribution >= 0.6 is 11.8 Å². The van der Waals surface area contributed by atoms with Gasteiger partial charge >= 0.3 is 0 Å². The molecule has 28 heavy (non-hydrogen) atoms. The molecule has 1 fully saturated rings. The third-order valence-corrected chi connectivity index (χ3v) is 4.87. The molecule has 1 N–H and O–H groups in total. The first-order valence-electron chi connectivity index (χ1n) is 8.44. The van der Waals surface area contributed by atoms with Crippen molar-refractivity contribution in [3.63, 3.8) is 0 Å². The summed E-state index contributed by atoms with van der Waals surface area (Å²) in [6, 6.07) is 9.86. The Kier molecular flexibility index (Phi) is 5.79. The molecule has 1 aliphatic heterocycles. The van der Waals surface area contributed by atoms with Crippen molar-refractivity contribution < 1.29 is 28.9 Å². The van der Waals surface area contributed by atoms with E-state index < -0.39 is 11.1 Å². The molecule has 0 atom stereocenters. The number of methoxy groups -OCH3 is 2. The van der Waals surface area contributed by atoms with Crippen molar-refractivity contribution in [3.05, 3.63) is 46.9 Å². The Morgan fingerprint density at radius 3 is 2.21 bits per heavy atom. The van der Waals surface area contributed by atoms with Crippen LogP contribution in [0.25, 0.3) is 6.08 Å². The van der Waals surface area contributed by atoms with Crippen LogP contribution in [-0.2, 0) is 4.79 Å². The summed E-state index contributed by atoms with van der Waals surface area (Å²) >= 11 is 0.840. The van der Waals surface area contributed by atoms with Gasteiger partial charge in [0.15, 0.2) is 11.5 Å². The van der Waals surface area contributed by atoms with Gasteiger partial charge in [-0.2, -0.15) is 0 Å². The van der Waals surface area contributed by atoms with Gasteiger partial charge in [0.1, 0.15) is 5.75 Å². The Morgan fingerprint density at radius 2 is 1.68 bits per heavy atom. The zero-order chi connectivity index (χ0) is 20.3. The van der Waals surface area contributed by atoms with Gasteiger partial charge in [0.25, 0.3) is 11.1 Å². The molecule has 1 saturated heterocycles. The van der Waals surface area contributed by atoms with Crippen LogP contribution in [0.5, 0.6) is 23.0 Å². The van der Waals surface area contributed by atoms with Gasteiger partial charge in [0.05, 0.1) is 31.4 Å². The number of thioether (sulfide) groups is 1. The zero-order valence-electron chi connectivity index (χ0n) is 15.6. The maximum absolute atomic E-state index is 12.8. The van der Waals surface area contributed by atoms with Crippen molar-refractivity contribution in [2.45, 2.75) is 6.92 Å². The minimum Gasteiger partial charge on any atom is -0.502 e. The van der Waals surface area contributed by atoms with Crippen molar-refractivity contribution in [3.8, 4) is 23.0 Å². The topological polar surface area (TPSA) is 85.3 Å². The number of carbonyl (C=O) groups excluding carboxylic acids is 2. The standard InChI is InChI=1S/C20H19NO6S/c1-4-27-14-7-5-13(6-8-14)21-19(23)17(28-20(21)24)11-12-9-15(25-2)18(22)16(10-12)26-3/h5-11,22H,4H2,1-3H3/b17-11-. The van der Waals surface area contributed by atoms with Gasteiger partial charge in [-0.05, 0) is 66.7 Å². The van der Waals surface area contributed by atoms with E-state index in [2.05, 4.69) is 0 Å².